The van der Waals surface area contributed by atoms with Crippen LogP contribution in [0.4, 0.5) is 5.13 Å². The highest BCUT2D eigenvalue weighted by Crippen LogP contribution is 2.38. The fourth-order valence-corrected chi connectivity index (χ4v) is 4.04. The normalized spacial score (nSPS) is 10.8. The third kappa shape index (κ3) is 4.80. The Bertz CT molecular complexity index is 986. The van der Waals surface area contributed by atoms with Crippen molar-refractivity contribution in [2.24, 2.45) is 0 Å². The monoisotopic (exact) mass is 402 g/mol. The van der Waals surface area contributed by atoms with Crippen LogP contribution >= 0.6 is 11.3 Å². The first kappa shape index (κ1) is 19.1. The SMILES string of the molecule is O=C(CNCCNc1nc(-c2ccccc2)c(-c2ccccc2)s1)n1cccc1. The van der Waals surface area contributed by atoms with E-state index in [1.807, 2.05) is 48.5 Å². The molecule has 0 spiro atoms. The van der Waals surface area contributed by atoms with Gasteiger partial charge < -0.3 is 10.6 Å². The summed E-state index contributed by atoms with van der Waals surface area (Å²) in [7, 11) is 0. The predicted molar refractivity (Wildman–Crippen MR) is 119 cm³/mol. The van der Waals surface area contributed by atoms with E-state index in [1.165, 1.54) is 0 Å². The largest absolute Gasteiger partial charge is 0.360 e. The Kier molecular flexibility index (Phi) is 6.14. The molecule has 0 bridgehead atoms. The van der Waals surface area contributed by atoms with Gasteiger partial charge in [-0.1, -0.05) is 72.0 Å². The molecule has 0 unspecified atom stereocenters. The summed E-state index contributed by atoms with van der Waals surface area (Å²) < 4.78 is 1.58. The quantitative estimate of drug-likeness (QED) is 0.422. The van der Waals surface area contributed by atoms with E-state index in [0.29, 0.717) is 19.6 Å². The summed E-state index contributed by atoms with van der Waals surface area (Å²) in [6.07, 6.45) is 3.52. The van der Waals surface area contributed by atoms with Crippen molar-refractivity contribution in [3.63, 3.8) is 0 Å². The van der Waals surface area contributed by atoms with Gasteiger partial charge in [0.15, 0.2) is 5.13 Å². The third-order valence-corrected chi connectivity index (χ3v) is 5.52. The van der Waals surface area contributed by atoms with Crippen molar-refractivity contribution < 1.29 is 4.79 Å². The minimum atomic E-state index is 0.0296. The summed E-state index contributed by atoms with van der Waals surface area (Å²) in [6, 6.07) is 24.3. The first-order chi connectivity index (χ1) is 14.3. The van der Waals surface area contributed by atoms with Gasteiger partial charge in [-0.3, -0.25) is 9.36 Å². The highest BCUT2D eigenvalue weighted by Gasteiger charge is 2.14. The zero-order chi connectivity index (χ0) is 19.9. The molecule has 0 radical (unpaired) electrons. The van der Waals surface area contributed by atoms with Gasteiger partial charge >= 0.3 is 0 Å². The number of benzene rings is 2. The lowest BCUT2D eigenvalue weighted by Crippen LogP contribution is -2.30. The van der Waals surface area contributed by atoms with Crippen molar-refractivity contribution in [2.45, 2.75) is 0 Å². The molecule has 2 N–H and O–H groups in total. The maximum absolute atomic E-state index is 12.0. The summed E-state index contributed by atoms with van der Waals surface area (Å²) in [5, 5.41) is 7.43. The molecular weight excluding hydrogens is 380 g/mol. The van der Waals surface area contributed by atoms with Crippen LogP contribution in [0.15, 0.2) is 85.2 Å². The molecule has 2 aromatic carbocycles. The number of carbonyl (C=O) groups is 1. The number of nitrogens with one attached hydrogen (secondary N) is 2. The van der Waals surface area contributed by atoms with Gasteiger partial charge in [0.1, 0.15) is 0 Å². The van der Waals surface area contributed by atoms with Crippen molar-refractivity contribution in [3.8, 4) is 21.7 Å². The van der Waals surface area contributed by atoms with Crippen LogP contribution in [0.1, 0.15) is 4.79 Å². The molecule has 4 aromatic rings. The standard InChI is InChI=1S/C23H22N4OS/c28-20(27-15-7-8-16-27)17-24-13-14-25-23-26-21(18-9-3-1-4-10-18)22(29-23)19-11-5-2-6-12-19/h1-12,15-16,24H,13-14,17H2,(H,25,26). The average Bonchev–Trinajstić information content (AvgIpc) is 3.45. The van der Waals surface area contributed by atoms with Crippen LogP contribution in [0, 0.1) is 0 Å². The van der Waals surface area contributed by atoms with Crippen LogP contribution in [0.5, 0.6) is 0 Å². The number of hydrogen-bond acceptors (Lipinski definition) is 5. The zero-order valence-electron chi connectivity index (χ0n) is 15.9. The first-order valence-electron chi connectivity index (χ1n) is 9.54. The molecule has 0 fully saturated rings. The van der Waals surface area contributed by atoms with E-state index in [0.717, 1.165) is 26.8 Å². The minimum absolute atomic E-state index is 0.0296. The summed E-state index contributed by atoms with van der Waals surface area (Å²) in [4.78, 5) is 18.0. The van der Waals surface area contributed by atoms with Gasteiger partial charge in [-0.15, -0.1) is 0 Å². The Morgan fingerprint density at radius 3 is 2.21 bits per heavy atom. The van der Waals surface area contributed by atoms with E-state index in [-0.39, 0.29) is 5.91 Å². The molecule has 6 heteroatoms. The van der Waals surface area contributed by atoms with E-state index >= 15 is 0 Å². The molecule has 5 nitrogen and oxygen atoms in total. The summed E-state index contributed by atoms with van der Waals surface area (Å²) in [6.45, 7) is 1.67. The van der Waals surface area contributed by atoms with Gasteiger partial charge in [-0.2, -0.15) is 0 Å². The molecule has 0 saturated carbocycles. The summed E-state index contributed by atoms with van der Waals surface area (Å²) in [5.41, 5.74) is 3.25. The van der Waals surface area contributed by atoms with Crippen LogP contribution in [0.25, 0.3) is 21.7 Å². The Morgan fingerprint density at radius 1 is 0.862 bits per heavy atom. The zero-order valence-corrected chi connectivity index (χ0v) is 16.7. The predicted octanol–water partition coefficient (Wildman–Crippen LogP) is 4.62. The molecule has 4 rings (SSSR count). The van der Waals surface area contributed by atoms with E-state index in [2.05, 4.69) is 34.9 Å². The molecule has 0 saturated heterocycles. The van der Waals surface area contributed by atoms with E-state index < -0.39 is 0 Å². The number of hydrogen-bond donors (Lipinski definition) is 2. The molecule has 29 heavy (non-hydrogen) atoms. The van der Waals surface area contributed by atoms with E-state index in [1.54, 1.807) is 28.3 Å². The number of carbonyl (C=O) groups excluding carboxylic acids is 1. The highest BCUT2D eigenvalue weighted by molar-refractivity contribution is 7.19. The first-order valence-corrected chi connectivity index (χ1v) is 10.4. The summed E-state index contributed by atoms with van der Waals surface area (Å²) in [5.74, 6) is 0.0296. The minimum Gasteiger partial charge on any atom is -0.360 e. The van der Waals surface area contributed by atoms with Crippen molar-refractivity contribution >= 4 is 22.4 Å². The Labute approximate surface area is 174 Å². The number of thiazole rings is 1. The third-order valence-electron chi connectivity index (χ3n) is 4.46. The lowest BCUT2D eigenvalue weighted by atomic mass is 10.1. The topological polar surface area (TPSA) is 59.0 Å². The second-order valence-corrected chi connectivity index (χ2v) is 7.52. The molecule has 0 aliphatic carbocycles. The molecule has 0 amide bonds. The van der Waals surface area contributed by atoms with E-state index in [4.69, 9.17) is 4.98 Å². The molecule has 2 aromatic heterocycles. The van der Waals surface area contributed by atoms with Crippen LogP contribution in [-0.2, 0) is 0 Å². The lowest BCUT2D eigenvalue weighted by Gasteiger charge is -2.05. The number of anilines is 1. The number of rotatable bonds is 8. The smallest absolute Gasteiger partial charge is 0.244 e. The van der Waals surface area contributed by atoms with Crippen LogP contribution in [0.2, 0.25) is 0 Å². The van der Waals surface area contributed by atoms with Gasteiger partial charge in [0.05, 0.1) is 17.1 Å². The van der Waals surface area contributed by atoms with Gasteiger partial charge in [0, 0.05) is 31.0 Å². The summed E-state index contributed by atoms with van der Waals surface area (Å²) >= 11 is 1.65. The van der Waals surface area contributed by atoms with Gasteiger partial charge in [-0.25, -0.2) is 4.98 Å². The van der Waals surface area contributed by atoms with Crippen LogP contribution in [-0.4, -0.2) is 35.1 Å². The van der Waals surface area contributed by atoms with E-state index in [9.17, 15) is 4.79 Å². The fraction of sp³-hybridized carbons (Fsp3) is 0.130. The highest BCUT2D eigenvalue weighted by atomic mass is 32.1. The second kappa shape index (κ2) is 9.32. The Morgan fingerprint density at radius 2 is 1.52 bits per heavy atom. The van der Waals surface area contributed by atoms with Crippen molar-refractivity contribution in [1.82, 2.24) is 14.9 Å². The second-order valence-electron chi connectivity index (χ2n) is 6.52. The number of aromatic nitrogens is 2. The molecule has 0 aliphatic heterocycles. The Balaban J connectivity index is 1.40. The maximum Gasteiger partial charge on any atom is 0.244 e. The van der Waals surface area contributed by atoms with Crippen molar-refractivity contribution in [2.75, 3.05) is 25.0 Å². The molecule has 2 heterocycles. The van der Waals surface area contributed by atoms with Crippen LogP contribution < -0.4 is 10.6 Å². The van der Waals surface area contributed by atoms with Gasteiger partial charge in [-0.05, 0) is 17.7 Å². The van der Waals surface area contributed by atoms with Crippen molar-refractivity contribution in [1.29, 1.82) is 0 Å². The van der Waals surface area contributed by atoms with Crippen LogP contribution in [0.3, 0.4) is 0 Å². The average molecular weight is 403 g/mol. The fourth-order valence-electron chi connectivity index (χ4n) is 3.02. The molecule has 146 valence electrons. The lowest BCUT2D eigenvalue weighted by molar-refractivity contribution is 0.0913. The molecule has 0 aliphatic rings. The Hall–Kier alpha value is -3.22. The number of nitrogens with zero attached hydrogens (tertiary/aromatic N) is 2. The maximum atomic E-state index is 12.0. The van der Waals surface area contributed by atoms with Gasteiger partial charge in [0.25, 0.3) is 0 Å². The molecular formula is C23H22N4OS. The van der Waals surface area contributed by atoms with Gasteiger partial charge in [0.2, 0.25) is 5.91 Å². The molecule has 0 atom stereocenters. The van der Waals surface area contributed by atoms with Crippen molar-refractivity contribution in [3.05, 3.63) is 85.2 Å².